The van der Waals surface area contributed by atoms with Crippen molar-refractivity contribution in [3.8, 4) is 11.3 Å². The van der Waals surface area contributed by atoms with E-state index in [0.29, 0.717) is 31.3 Å². The average Bonchev–Trinajstić information content (AvgIpc) is 3.19. The largest absolute Gasteiger partial charge is 0.379 e. The normalized spacial score (nSPS) is 14.9. The van der Waals surface area contributed by atoms with Gasteiger partial charge in [-0.15, -0.1) is 28.3 Å². The lowest BCUT2D eigenvalue weighted by molar-refractivity contribution is 0.0730. The molecule has 1 aliphatic heterocycles. The fourth-order valence-electron chi connectivity index (χ4n) is 2.85. The molecule has 2 aromatic carbocycles. The van der Waals surface area contributed by atoms with Crippen LogP contribution in [-0.2, 0) is 14.8 Å². The Kier molecular flexibility index (Phi) is 7.31. The first-order chi connectivity index (χ1) is 13.5. The fourth-order valence-corrected chi connectivity index (χ4v) is 5.13. The first kappa shape index (κ1) is 22.2. The predicted octanol–water partition coefficient (Wildman–Crippen LogP) is 4.81. The maximum absolute atomic E-state index is 12.7. The molecule has 3 aromatic rings. The minimum absolute atomic E-state index is 0. The Morgan fingerprint density at radius 3 is 2.34 bits per heavy atom. The molecule has 0 atom stereocenters. The van der Waals surface area contributed by atoms with E-state index in [0.717, 1.165) is 22.1 Å². The number of benzene rings is 2. The van der Waals surface area contributed by atoms with Crippen molar-refractivity contribution in [2.75, 3.05) is 31.6 Å². The SMILES string of the molecule is Br.O=S(=O)(c1ccc(-c2csc(Nc3ccc(Cl)cc3)n2)cc1)N1CCOCC1. The highest BCUT2D eigenvalue weighted by atomic mass is 79.9. The van der Waals surface area contributed by atoms with Gasteiger partial charge in [-0.25, -0.2) is 13.4 Å². The Hall–Kier alpha value is -1.49. The molecule has 0 unspecified atom stereocenters. The van der Waals surface area contributed by atoms with Crippen molar-refractivity contribution < 1.29 is 13.2 Å². The van der Waals surface area contributed by atoms with Gasteiger partial charge < -0.3 is 10.1 Å². The summed E-state index contributed by atoms with van der Waals surface area (Å²) in [6, 6.07) is 14.2. The summed E-state index contributed by atoms with van der Waals surface area (Å²) >= 11 is 7.38. The van der Waals surface area contributed by atoms with E-state index in [4.69, 9.17) is 16.3 Å². The molecule has 1 aromatic heterocycles. The highest BCUT2D eigenvalue weighted by molar-refractivity contribution is 8.93. The zero-order valence-corrected chi connectivity index (χ0v) is 19.3. The van der Waals surface area contributed by atoms with Crippen LogP contribution in [0.1, 0.15) is 0 Å². The molecule has 0 aliphatic carbocycles. The Bertz CT molecular complexity index is 1050. The van der Waals surface area contributed by atoms with Gasteiger partial charge in [0.15, 0.2) is 5.13 Å². The second-order valence-corrected chi connectivity index (χ2v) is 9.44. The molecular weight excluding hydrogens is 498 g/mol. The van der Waals surface area contributed by atoms with Crippen LogP contribution >= 0.6 is 39.9 Å². The minimum atomic E-state index is -3.49. The summed E-state index contributed by atoms with van der Waals surface area (Å²) in [5, 5.41) is 6.60. The summed E-state index contributed by atoms with van der Waals surface area (Å²) < 4.78 is 32.1. The molecule has 0 amide bonds. The van der Waals surface area contributed by atoms with Crippen molar-refractivity contribution in [3.05, 3.63) is 58.9 Å². The first-order valence-corrected chi connectivity index (χ1v) is 11.4. The average molecular weight is 517 g/mol. The van der Waals surface area contributed by atoms with Gasteiger partial charge in [-0.1, -0.05) is 23.7 Å². The molecule has 0 spiro atoms. The molecule has 0 saturated carbocycles. The van der Waals surface area contributed by atoms with Crippen molar-refractivity contribution in [3.63, 3.8) is 0 Å². The van der Waals surface area contributed by atoms with Crippen molar-refractivity contribution >= 4 is 60.8 Å². The third kappa shape index (κ3) is 5.17. The molecule has 0 radical (unpaired) electrons. The van der Waals surface area contributed by atoms with Gasteiger partial charge in [-0.3, -0.25) is 0 Å². The fraction of sp³-hybridized carbons (Fsp3) is 0.211. The number of halogens is 2. The Morgan fingerprint density at radius 1 is 1.03 bits per heavy atom. The molecule has 10 heteroatoms. The molecule has 2 heterocycles. The van der Waals surface area contributed by atoms with Gasteiger partial charge in [0.25, 0.3) is 0 Å². The molecule has 0 bridgehead atoms. The van der Waals surface area contributed by atoms with Crippen LogP contribution in [0.4, 0.5) is 10.8 Å². The lowest BCUT2D eigenvalue weighted by atomic mass is 10.2. The van der Waals surface area contributed by atoms with E-state index >= 15 is 0 Å². The summed E-state index contributed by atoms with van der Waals surface area (Å²) in [7, 11) is -3.49. The quantitative estimate of drug-likeness (QED) is 0.527. The molecule has 1 fully saturated rings. The number of ether oxygens (including phenoxy) is 1. The third-order valence-electron chi connectivity index (χ3n) is 4.36. The predicted molar refractivity (Wildman–Crippen MR) is 122 cm³/mol. The van der Waals surface area contributed by atoms with Crippen LogP contribution in [0.3, 0.4) is 0 Å². The maximum atomic E-state index is 12.7. The summed E-state index contributed by atoms with van der Waals surface area (Å²) in [6.07, 6.45) is 0. The number of thiazole rings is 1. The number of rotatable bonds is 5. The number of sulfonamides is 1. The zero-order chi connectivity index (χ0) is 19.6. The number of hydrogen-bond acceptors (Lipinski definition) is 6. The summed E-state index contributed by atoms with van der Waals surface area (Å²) in [5.41, 5.74) is 2.55. The van der Waals surface area contributed by atoms with Gasteiger partial charge in [-0.05, 0) is 36.4 Å². The Labute approximate surface area is 189 Å². The number of morpholine rings is 1. The molecular formula is C19H19BrClN3O3S2. The van der Waals surface area contributed by atoms with Crippen LogP contribution < -0.4 is 5.32 Å². The van der Waals surface area contributed by atoms with Crippen molar-refractivity contribution in [1.82, 2.24) is 9.29 Å². The van der Waals surface area contributed by atoms with Crippen molar-refractivity contribution in [2.45, 2.75) is 4.90 Å². The van der Waals surface area contributed by atoms with E-state index < -0.39 is 10.0 Å². The van der Waals surface area contributed by atoms with Crippen LogP contribution in [0.25, 0.3) is 11.3 Å². The lowest BCUT2D eigenvalue weighted by Gasteiger charge is -2.26. The van der Waals surface area contributed by atoms with Crippen LogP contribution in [0.5, 0.6) is 0 Å². The van der Waals surface area contributed by atoms with E-state index in [-0.39, 0.29) is 21.9 Å². The summed E-state index contributed by atoms with van der Waals surface area (Å²) in [4.78, 5) is 4.86. The van der Waals surface area contributed by atoms with Crippen molar-refractivity contribution in [1.29, 1.82) is 0 Å². The lowest BCUT2D eigenvalue weighted by Crippen LogP contribution is -2.40. The van der Waals surface area contributed by atoms with E-state index in [1.54, 1.807) is 24.3 Å². The molecule has 1 N–H and O–H groups in total. The topological polar surface area (TPSA) is 71.5 Å². The van der Waals surface area contributed by atoms with E-state index in [1.807, 2.05) is 29.6 Å². The first-order valence-electron chi connectivity index (χ1n) is 8.69. The van der Waals surface area contributed by atoms with Crippen LogP contribution in [-0.4, -0.2) is 44.0 Å². The van der Waals surface area contributed by atoms with Crippen LogP contribution in [0.2, 0.25) is 5.02 Å². The van der Waals surface area contributed by atoms with Gasteiger partial charge in [-0.2, -0.15) is 4.31 Å². The zero-order valence-electron chi connectivity index (χ0n) is 15.2. The van der Waals surface area contributed by atoms with Gasteiger partial charge in [0.05, 0.1) is 23.8 Å². The second kappa shape index (κ2) is 9.55. The summed E-state index contributed by atoms with van der Waals surface area (Å²) in [5.74, 6) is 0. The number of hydrogen-bond donors (Lipinski definition) is 1. The smallest absolute Gasteiger partial charge is 0.243 e. The van der Waals surface area contributed by atoms with Crippen LogP contribution in [0.15, 0.2) is 58.8 Å². The summed E-state index contributed by atoms with van der Waals surface area (Å²) in [6.45, 7) is 1.63. The third-order valence-corrected chi connectivity index (χ3v) is 7.28. The molecule has 1 saturated heterocycles. The standard InChI is InChI=1S/C19H18ClN3O3S2.BrH/c20-15-3-5-16(6-4-15)21-19-22-18(13-27-19)14-1-7-17(8-2-14)28(24,25)23-9-11-26-12-10-23;/h1-8,13H,9-12H2,(H,21,22);1H. The molecule has 154 valence electrons. The Morgan fingerprint density at radius 2 is 1.69 bits per heavy atom. The minimum Gasteiger partial charge on any atom is -0.379 e. The Balaban J connectivity index is 0.00000240. The van der Waals surface area contributed by atoms with E-state index in [9.17, 15) is 8.42 Å². The molecule has 1 aliphatic rings. The number of nitrogens with zero attached hydrogens (tertiary/aromatic N) is 2. The van der Waals surface area contributed by atoms with Gasteiger partial charge in [0, 0.05) is 34.7 Å². The second-order valence-electron chi connectivity index (χ2n) is 6.21. The maximum Gasteiger partial charge on any atom is 0.243 e. The van der Waals surface area contributed by atoms with E-state index in [1.165, 1.54) is 15.6 Å². The van der Waals surface area contributed by atoms with E-state index in [2.05, 4.69) is 10.3 Å². The molecule has 6 nitrogen and oxygen atoms in total. The van der Waals surface area contributed by atoms with Gasteiger partial charge in [0.1, 0.15) is 0 Å². The highest BCUT2D eigenvalue weighted by Gasteiger charge is 2.26. The van der Waals surface area contributed by atoms with Crippen molar-refractivity contribution in [2.24, 2.45) is 0 Å². The number of nitrogens with one attached hydrogen (secondary N) is 1. The number of aromatic nitrogens is 1. The molecule has 29 heavy (non-hydrogen) atoms. The number of anilines is 2. The highest BCUT2D eigenvalue weighted by Crippen LogP contribution is 2.29. The monoisotopic (exact) mass is 515 g/mol. The van der Waals surface area contributed by atoms with Gasteiger partial charge in [0.2, 0.25) is 10.0 Å². The van der Waals surface area contributed by atoms with Crippen LogP contribution in [0, 0.1) is 0 Å². The molecule has 4 rings (SSSR count). The van der Waals surface area contributed by atoms with Gasteiger partial charge >= 0.3 is 0 Å².